The number of aromatic hydroxyl groups is 4. The molecular formula is C25H34O16. The second-order valence-electron chi connectivity index (χ2n) is 7.59. The van der Waals surface area contributed by atoms with Crippen LogP contribution >= 0.6 is 0 Å². The fraction of sp³-hybridized carbons (Fsp3) is 0.320. The Hall–Kier alpha value is -5.25. The van der Waals surface area contributed by atoms with Gasteiger partial charge in [0.05, 0.1) is 6.10 Å². The Morgan fingerprint density at radius 1 is 0.634 bits per heavy atom. The third kappa shape index (κ3) is 23.6. The molecule has 0 aromatic heterocycles. The highest BCUT2D eigenvalue weighted by Crippen LogP contribution is 2.42. The van der Waals surface area contributed by atoms with Crippen LogP contribution in [-0.4, -0.2) is 87.0 Å². The molecule has 0 fully saturated rings. The highest BCUT2D eigenvalue weighted by Gasteiger charge is 2.32. The largest absolute Gasteiger partial charge is 0.508 e. The average Bonchev–Trinajstić information content (AvgIpc) is 2.74. The summed E-state index contributed by atoms with van der Waals surface area (Å²) in [5.74, 6) is -4.76. The van der Waals surface area contributed by atoms with E-state index in [1.165, 1.54) is 30.3 Å². The van der Waals surface area contributed by atoms with Gasteiger partial charge in [-0.3, -0.25) is 24.0 Å². The molecule has 10 N–H and O–H groups in total. The summed E-state index contributed by atoms with van der Waals surface area (Å²) in [6, 6.07) is 6.67. The van der Waals surface area contributed by atoms with Crippen molar-refractivity contribution in [2.45, 2.75) is 53.2 Å². The van der Waals surface area contributed by atoms with Crippen LogP contribution in [0.15, 0.2) is 30.3 Å². The van der Waals surface area contributed by atoms with Crippen molar-refractivity contribution in [3.05, 3.63) is 41.5 Å². The molecule has 1 aliphatic rings. The normalized spacial score (nSPS) is 13.6. The van der Waals surface area contributed by atoms with Crippen LogP contribution in [-0.2, 0) is 30.4 Å². The predicted molar refractivity (Wildman–Crippen MR) is 139 cm³/mol. The summed E-state index contributed by atoms with van der Waals surface area (Å²) in [7, 11) is 0. The molecule has 0 amide bonds. The summed E-state index contributed by atoms with van der Waals surface area (Å²) in [4.78, 5) is 45.0. The van der Waals surface area contributed by atoms with Gasteiger partial charge in [0.1, 0.15) is 23.4 Å². The van der Waals surface area contributed by atoms with Crippen LogP contribution < -0.4 is 4.74 Å². The van der Waals surface area contributed by atoms with Crippen molar-refractivity contribution in [2.75, 3.05) is 0 Å². The molecule has 1 aliphatic heterocycles. The number of fused-ring (bicyclic) bond motifs is 1. The number of aliphatic carboxylic acids is 5. The summed E-state index contributed by atoms with van der Waals surface area (Å²) in [5.41, 5.74) is 0.894. The Morgan fingerprint density at radius 3 is 1.39 bits per heavy atom. The fourth-order valence-corrected chi connectivity index (χ4v) is 2.47. The van der Waals surface area contributed by atoms with Crippen molar-refractivity contribution in [2.24, 2.45) is 0 Å². The summed E-state index contributed by atoms with van der Waals surface area (Å²) in [6.07, 6.45) is -1.56. The number of hydrogen-bond acceptors (Lipinski definition) is 11. The fourth-order valence-electron chi connectivity index (χ4n) is 2.47. The van der Waals surface area contributed by atoms with E-state index in [0.717, 1.165) is 34.6 Å². The van der Waals surface area contributed by atoms with E-state index in [0.29, 0.717) is 11.1 Å². The molecule has 2 atom stereocenters. The van der Waals surface area contributed by atoms with Crippen molar-refractivity contribution in [1.29, 1.82) is 0 Å². The number of carbonyl (C=O) groups is 5. The number of carboxylic acids is 5. The van der Waals surface area contributed by atoms with Crippen LogP contribution in [0.25, 0.3) is 0 Å². The summed E-state index contributed by atoms with van der Waals surface area (Å²) < 4.78 is 5.62. The molecule has 1 heterocycles. The van der Waals surface area contributed by atoms with Gasteiger partial charge in [-0.15, -0.1) is 0 Å². The number of phenolic OH excluding ortho intramolecular Hbond substituents is 4. The molecule has 41 heavy (non-hydrogen) atoms. The highest BCUT2D eigenvalue weighted by atomic mass is 16.5. The van der Waals surface area contributed by atoms with E-state index in [1.807, 2.05) is 0 Å². The van der Waals surface area contributed by atoms with E-state index in [-0.39, 0.29) is 35.2 Å². The number of aliphatic hydroxyl groups excluding tert-OH is 1. The maximum Gasteiger partial charge on any atom is 0.300 e. The maximum atomic E-state index is 10.2. The minimum Gasteiger partial charge on any atom is -0.508 e. The number of carboxylic acid groups (broad SMARTS) is 5. The van der Waals surface area contributed by atoms with Crippen molar-refractivity contribution >= 4 is 29.8 Å². The van der Waals surface area contributed by atoms with E-state index in [1.54, 1.807) is 0 Å². The van der Waals surface area contributed by atoms with Crippen molar-refractivity contribution in [1.82, 2.24) is 0 Å². The Labute approximate surface area is 233 Å². The maximum absolute atomic E-state index is 10.2. The number of rotatable bonds is 1. The Bertz CT molecular complexity index is 1070. The Morgan fingerprint density at radius 2 is 1.02 bits per heavy atom. The van der Waals surface area contributed by atoms with Gasteiger partial charge in [0.15, 0.2) is 11.5 Å². The lowest BCUT2D eigenvalue weighted by Gasteiger charge is -2.31. The van der Waals surface area contributed by atoms with Gasteiger partial charge in [0, 0.05) is 58.7 Å². The molecule has 230 valence electrons. The third-order valence-electron chi connectivity index (χ3n) is 3.51. The zero-order valence-corrected chi connectivity index (χ0v) is 22.7. The SMILES string of the molecule is CC(=O)O.CC(=O)O.CC(=O)O.CC(=O)O.CC(=O)O.Oc1cc(O)c2c(c1)O[C@H](c1ccc(O)c(O)c1)[C@@H](O)C2. The van der Waals surface area contributed by atoms with Gasteiger partial charge in [-0.25, -0.2) is 0 Å². The first kappa shape index (κ1) is 40.2. The molecule has 0 aliphatic carbocycles. The molecule has 0 saturated heterocycles. The Balaban J connectivity index is -0.000000591. The molecule has 2 aromatic carbocycles. The second kappa shape index (κ2) is 20.7. The van der Waals surface area contributed by atoms with Crippen LogP contribution in [0.5, 0.6) is 28.7 Å². The summed E-state index contributed by atoms with van der Waals surface area (Å²) in [5, 5.41) is 85.4. The van der Waals surface area contributed by atoms with Gasteiger partial charge >= 0.3 is 0 Å². The van der Waals surface area contributed by atoms with Crippen LogP contribution in [0, 0.1) is 0 Å². The molecule has 3 rings (SSSR count). The van der Waals surface area contributed by atoms with Gasteiger partial charge < -0.3 is 55.8 Å². The summed E-state index contributed by atoms with van der Waals surface area (Å²) >= 11 is 0. The minimum absolute atomic E-state index is 0.143. The Kier molecular flexibility index (Phi) is 20.3. The topological polar surface area (TPSA) is 297 Å². The second-order valence-corrected chi connectivity index (χ2v) is 7.59. The van der Waals surface area contributed by atoms with E-state index in [2.05, 4.69) is 0 Å². The lowest BCUT2D eigenvalue weighted by Crippen LogP contribution is -2.30. The van der Waals surface area contributed by atoms with Gasteiger partial charge in [-0.2, -0.15) is 0 Å². The van der Waals surface area contributed by atoms with Gasteiger partial charge in [0.2, 0.25) is 0 Å². The lowest BCUT2D eigenvalue weighted by molar-refractivity contribution is -0.135. The van der Waals surface area contributed by atoms with E-state index < -0.39 is 42.1 Å². The zero-order chi connectivity index (χ0) is 33.0. The monoisotopic (exact) mass is 590 g/mol. The van der Waals surface area contributed by atoms with Crippen molar-refractivity contribution < 1.29 is 79.8 Å². The van der Waals surface area contributed by atoms with Crippen LogP contribution in [0.4, 0.5) is 0 Å². The first-order valence-electron chi connectivity index (χ1n) is 11.0. The standard InChI is InChI=1S/C15H14O6.5C2H4O2/c16-8-4-11(18)9-6-13(20)15(21-14(9)5-8)7-1-2-10(17)12(19)3-7;5*1-2(3)4/h1-5,13,15-20H,6H2;5*1H3,(H,3,4)/t13-,15+;;;;;/m0...../s1. The third-order valence-corrected chi connectivity index (χ3v) is 3.51. The van der Waals surface area contributed by atoms with E-state index >= 15 is 0 Å². The summed E-state index contributed by atoms with van der Waals surface area (Å²) in [6.45, 7) is 5.42. The van der Waals surface area contributed by atoms with Crippen LogP contribution in [0.3, 0.4) is 0 Å². The number of ether oxygens (including phenoxy) is 1. The number of hydrogen-bond donors (Lipinski definition) is 10. The average molecular weight is 591 g/mol. The molecule has 16 heteroatoms. The van der Waals surface area contributed by atoms with Gasteiger partial charge in [-0.1, -0.05) is 6.07 Å². The van der Waals surface area contributed by atoms with Crippen LogP contribution in [0.2, 0.25) is 0 Å². The predicted octanol–water partition coefficient (Wildman–Crippen LogP) is 2.00. The number of aliphatic hydroxyl groups is 1. The van der Waals surface area contributed by atoms with E-state index in [4.69, 9.17) is 54.2 Å². The molecule has 16 nitrogen and oxygen atoms in total. The molecule has 0 spiro atoms. The van der Waals surface area contributed by atoms with E-state index in [9.17, 15) is 25.5 Å². The molecule has 2 aromatic rings. The molecular weight excluding hydrogens is 556 g/mol. The lowest BCUT2D eigenvalue weighted by atomic mass is 9.94. The quantitative estimate of drug-likeness (QED) is 0.212. The molecule has 0 saturated carbocycles. The van der Waals surface area contributed by atoms with Crippen molar-refractivity contribution in [3.63, 3.8) is 0 Å². The zero-order valence-electron chi connectivity index (χ0n) is 22.7. The van der Waals surface area contributed by atoms with Crippen molar-refractivity contribution in [3.8, 4) is 28.7 Å². The smallest absolute Gasteiger partial charge is 0.300 e. The first-order valence-corrected chi connectivity index (χ1v) is 11.0. The van der Waals surface area contributed by atoms with Gasteiger partial charge in [0.25, 0.3) is 29.8 Å². The molecule has 0 bridgehead atoms. The number of phenols is 4. The van der Waals surface area contributed by atoms with Gasteiger partial charge in [-0.05, 0) is 17.7 Å². The molecule has 0 radical (unpaired) electrons. The van der Waals surface area contributed by atoms with Crippen LogP contribution in [0.1, 0.15) is 51.8 Å². The first-order chi connectivity index (χ1) is 18.6. The minimum atomic E-state index is -0.933. The number of benzene rings is 2. The highest BCUT2D eigenvalue weighted by molar-refractivity contribution is 5.64. The molecule has 0 unspecified atom stereocenters.